The van der Waals surface area contributed by atoms with Crippen LogP contribution in [0.25, 0.3) is 0 Å². The van der Waals surface area contributed by atoms with Crippen molar-refractivity contribution >= 4 is 0 Å². The molecule has 19 heavy (non-hydrogen) atoms. The second-order valence-electron chi connectivity index (χ2n) is 5.50. The van der Waals surface area contributed by atoms with Gasteiger partial charge in [-0.3, -0.25) is 4.98 Å². The van der Waals surface area contributed by atoms with Gasteiger partial charge in [-0.1, -0.05) is 13.0 Å². The average Bonchev–Trinajstić information content (AvgIpc) is 2.93. The summed E-state index contributed by atoms with van der Waals surface area (Å²) in [5, 5.41) is 3.37. The number of nitrogens with one attached hydrogen (secondary N) is 1. The minimum absolute atomic E-state index is 0.659. The van der Waals surface area contributed by atoms with Crippen LogP contribution in [0.4, 0.5) is 0 Å². The average molecular weight is 256 g/mol. The summed E-state index contributed by atoms with van der Waals surface area (Å²) >= 11 is 0. The molecule has 1 aliphatic carbocycles. The van der Waals surface area contributed by atoms with E-state index in [1.165, 1.54) is 6.42 Å². The van der Waals surface area contributed by atoms with Gasteiger partial charge in [-0.15, -0.1) is 0 Å². The van der Waals surface area contributed by atoms with E-state index in [4.69, 9.17) is 4.42 Å². The van der Waals surface area contributed by atoms with Gasteiger partial charge in [0, 0.05) is 18.2 Å². The zero-order chi connectivity index (χ0) is 13.2. The maximum Gasteiger partial charge on any atom is 0.117 e. The SMILES string of the molecule is Cc1cccc(CNCc2ccc(C3CC3C)o2)n1. The van der Waals surface area contributed by atoms with Crippen LogP contribution in [-0.2, 0) is 13.1 Å². The molecule has 3 nitrogen and oxygen atoms in total. The normalized spacial score (nSPS) is 21.6. The summed E-state index contributed by atoms with van der Waals surface area (Å²) in [6.07, 6.45) is 1.27. The molecule has 100 valence electrons. The van der Waals surface area contributed by atoms with Crippen molar-refractivity contribution in [3.05, 3.63) is 53.2 Å². The Labute approximate surface area is 114 Å². The number of rotatable bonds is 5. The smallest absolute Gasteiger partial charge is 0.117 e. The van der Waals surface area contributed by atoms with Gasteiger partial charge in [0.15, 0.2) is 0 Å². The van der Waals surface area contributed by atoms with E-state index in [-0.39, 0.29) is 0 Å². The van der Waals surface area contributed by atoms with Crippen molar-refractivity contribution in [1.29, 1.82) is 0 Å². The lowest BCUT2D eigenvalue weighted by Crippen LogP contribution is -2.13. The van der Waals surface area contributed by atoms with Gasteiger partial charge in [-0.25, -0.2) is 0 Å². The van der Waals surface area contributed by atoms with Crippen LogP contribution in [0.2, 0.25) is 0 Å². The van der Waals surface area contributed by atoms with E-state index in [1.807, 2.05) is 25.1 Å². The first kappa shape index (κ1) is 12.4. The highest BCUT2D eigenvalue weighted by Gasteiger charge is 2.36. The number of aromatic nitrogens is 1. The summed E-state index contributed by atoms with van der Waals surface area (Å²) in [7, 11) is 0. The Balaban J connectivity index is 1.51. The van der Waals surface area contributed by atoms with Crippen LogP contribution in [-0.4, -0.2) is 4.98 Å². The lowest BCUT2D eigenvalue weighted by Gasteiger charge is -2.03. The molecule has 2 aromatic heterocycles. The summed E-state index contributed by atoms with van der Waals surface area (Å²) in [6.45, 7) is 5.82. The van der Waals surface area contributed by atoms with E-state index in [0.29, 0.717) is 5.92 Å². The van der Waals surface area contributed by atoms with Crippen LogP contribution in [0.15, 0.2) is 34.7 Å². The van der Waals surface area contributed by atoms with Gasteiger partial charge in [0.1, 0.15) is 11.5 Å². The van der Waals surface area contributed by atoms with E-state index in [1.54, 1.807) is 0 Å². The molecule has 0 aromatic carbocycles. The molecule has 1 saturated carbocycles. The fourth-order valence-electron chi connectivity index (χ4n) is 2.42. The van der Waals surface area contributed by atoms with Gasteiger partial charge in [0.2, 0.25) is 0 Å². The van der Waals surface area contributed by atoms with Crippen molar-refractivity contribution in [3.63, 3.8) is 0 Å². The Bertz CT molecular complexity index is 561. The lowest BCUT2D eigenvalue weighted by atomic mass is 10.3. The van der Waals surface area contributed by atoms with E-state index < -0.39 is 0 Å². The number of hydrogen-bond acceptors (Lipinski definition) is 3. The zero-order valence-electron chi connectivity index (χ0n) is 11.5. The Morgan fingerprint density at radius 2 is 2.11 bits per heavy atom. The Morgan fingerprint density at radius 1 is 1.26 bits per heavy atom. The van der Waals surface area contributed by atoms with Crippen molar-refractivity contribution in [3.8, 4) is 0 Å². The minimum atomic E-state index is 0.659. The standard InChI is InChI=1S/C16H20N2O/c1-11-8-15(11)16-7-6-14(19-16)10-17-9-13-5-3-4-12(2)18-13/h3-7,11,15,17H,8-10H2,1-2H3. The first-order chi connectivity index (χ1) is 9.22. The first-order valence-corrected chi connectivity index (χ1v) is 6.94. The van der Waals surface area contributed by atoms with Crippen LogP contribution in [0.1, 0.15) is 42.2 Å². The molecule has 2 heterocycles. The van der Waals surface area contributed by atoms with Gasteiger partial charge < -0.3 is 9.73 Å². The fourth-order valence-corrected chi connectivity index (χ4v) is 2.42. The number of nitrogens with zero attached hydrogens (tertiary/aromatic N) is 1. The molecule has 1 N–H and O–H groups in total. The second-order valence-corrected chi connectivity index (χ2v) is 5.50. The molecule has 2 aromatic rings. The summed E-state index contributed by atoms with van der Waals surface area (Å²) in [4.78, 5) is 4.46. The highest BCUT2D eigenvalue weighted by atomic mass is 16.3. The quantitative estimate of drug-likeness (QED) is 0.891. The van der Waals surface area contributed by atoms with Crippen molar-refractivity contribution in [1.82, 2.24) is 10.3 Å². The van der Waals surface area contributed by atoms with Gasteiger partial charge in [0.25, 0.3) is 0 Å². The summed E-state index contributed by atoms with van der Waals surface area (Å²) in [5.41, 5.74) is 2.13. The van der Waals surface area contributed by atoms with Crippen LogP contribution >= 0.6 is 0 Å². The molecule has 0 bridgehead atoms. The van der Waals surface area contributed by atoms with Crippen LogP contribution in [0.3, 0.4) is 0 Å². The van der Waals surface area contributed by atoms with Crippen molar-refractivity contribution in [2.75, 3.05) is 0 Å². The Hall–Kier alpha value is -1.61. The van der Waals surface area contributed by atoms with E-state index in [9.17, 15) is 0 Å². The van der Waals surface area contributed by atoms with Crippen LogP contribution < -0.4 is 5.32 Å². The molecule has 0 radical (unpaired) electrons. The molecular formula is C16H20N2O. The fraction of sp³-hybridized carbons (Fsp3) is 0.438. The predicted molar refractivity (Wildman–Crippen MR) is 74.7 cm³/mol. The molecule has 2 atom stereocenters. The Morgan fingerprint density at radius 3 is 2.84 bits per heavy atom. The lowest BCUT2D eigenvalue weighted by molar-refractivity contribution is 0.443. The van der Waals surface area contributed by atoms with Gasteiger partial charge in [0.05, 0.1) is 12.2 Å². The third kappa shape index (κ3) is 3.04. The predicted octanol–water partition coefficient (Wildman–Crippen LogP) is 3.40. The van der Waals surface area contributed by atoms with Gasteiger partial charge in [-0.05, 0) is 43.5 Å². The third-order valence-electron chi connectivity index (χ3n) is 3.71. The van der Waals surface area contributed by atoms with E-state index >= 15 is 0 Å². The maximum absolute atomic E-state index is 5.86. The van der Waals surface area contributed by atoms with Gasteiger partial charge >= 0.3 is 0 Å². The number of pyridine rings is 1. The van der Waals surface area contributed by atoms with Crippen LogP contribution in [0.5, 0.6) is 0 Å². The third-order valence-corrected chi connectivity index (χ3v) is 3.71. The van der Waals surface area contributed by atoms with Crippen molar-refractivity contribution in [2.24, 2.45) is 5.92 Å². The molecule has 1 fully saturated rings. The summed E-state index contributed by atoms with van der Waals surface area (Å²) in [6, 6.07) is 10.3. The monoisotopic (exact) mass is 256 g/mol. The molecule has 0 saturated heterocycles. The minimum Gasteiger partial charge on any atom is -0.464 e. The van der Waals surface area contributed by atoms with E-state index in [2.05, 4.69) is 29.4 Å². The van der Waals surface area contributed by atoms with Crippen molar-refractivity contribution in [2.45, 2.75) is 39.3 Å². The summed E-state index contributed by atoms with van der Waals surface area (Å²) < 4.78 is 5.86. The Kier molecular flexibility index (Phi) is 3.38. The summed E-state index contributed by atoms with van der Waals surface area (Å²) in [5.74, 6) is 3.62. The zero-order valence-corrected chi connectivity index (χ0v) is 11.5. The first-order valence-electron chi connectivity index (χ1n) is 6.94. The molecular weight excluding hydrogens is 236 g/mol. The molecule has 3 heteroatoms. The second kappa shape index (κ2) is 5.17. The molecule has 0 spiro atoms. The molecule has 1 aliphatic rings. The number of furan rings is 1. The molecule has 0 aliphatic heterocycles. The molecule has 2 unspecified atom stereocenters. The van der Waals surface area contributed by atoms with Crippen molar-refractivity contribution < 1.29 is 4.42 Å². The largest absolute Gasteiger partial charge is 0.464 e. The highest BCUT2D eigenvalue weighted by molar-refractivity contribution is 5.17. The molecule has 0 amide bonds. The van der Waals surface area contributed by atoms with E-state index in [0.717, 1.165) is 41.9 Å². The van der Waals surface area contributed by atoms with Gasteiger partial charge in [-0.2, -0.15) is 0 Å². The van der Waals surface area contributed by atoms with Crippen LogP contribution in [0, 0.1) is 12.8 Å². The maximum atomic E-state index is 5.86. The topological polar surface area (TPSA) is 38.1 Å². The number of hydrogen-bond donors (Lipinski definition) is 1. The molecule has 3 rings (SSSR count). The number of aryl methyl sites for hydroxylation is 1. The highest BCUT2D eigenvalue weighted by Crippen LogP contribution is 2.47.